The third-order valence-electron chi connectivity index (χ3n) is 6.86. The Labute approximate surface area is 234 Å². The van der Waals surface area contributed by atoms with Crippen molar-refractivity contribution in [2.75, 3.05) is 7.11 Å². The Balaban J connectivity index is 0.000000353. The van der Waals surface area contributed by atoms with Crippen LogP contribution in [0.15, 0.2) is 60.7 Å². The molecule has 0 saturated heterocycles. The van der Waals surface area contributed by atoms with Gasteiger partial charge in [0, 0.05) is 24.7 Å². The Kier molecular flexibility index (Phi) is 11.6. The van der Waals surface area contributed by atoms with Crippen molar-refractivity contribution < 1.29 is 19.1 Å². The molecule has 2 aromatic rings. The second-order valence-corrected chi connectivity index (χ2v) is 11.5. The van der Waals surface area contributed by atoms with Gasteiger partial charge in [0.05, 0.1) is 12.7 Å². The molecule has 2 aromatic carbocycles. The smallest absolute Gasteiger partial charge is 0.410 e. The van der Waals surface area contributed by atoms with E-state index >= 15 is 0 Å². The Morgan fingerprint density at radius 2 is 1.59 bits per heavy atom. The molecule has 1 N–H and O–H groups in total. The van der Waals surface area contributed by atoms with Gasteiger partial charge in [0.1, 0.15) is 5.60 Å². The number of methoxy groups -OCH3 is 1. The molecular formula is C33H46N2O4. The number of esters is 1. The minimum Gasteiger partial charge on any atom is -0.465 e. The molecule has 0 aromatic heterocycles. The first kappa shape index (κ1) is 30.4. The molecule has 2 fully saturated rings. The van der Waals surface area contributed by atoms with Crippen LogP contribution in [0.5, 0.6) is 0 Å². The highest BCUT2D eigenvalue weighted by Crippen LogP contribution is 2.29. The Morgan fingerprint density at radius 3 is 2.15 bits per heavy atom. The Hall–Kier alpha value is -3.12. The Bertz CT molecular complexity index is 1060. The molecular weight excluding hydrogens is 488 g/mol. The summed E-state index contributed by atoms with van der Waals surface area (Å²) in [4.78, 5) is 26.7. The van der Waals surface area contributed by atoms with E-state index in [0.29, 0.717) is 24.2 Å². The average Bonchev–Trinajstić information content (AvgIpc) is 3.75. The van der Waals surface area contributed by atoms with Gasteiger partial charge in [-0.2, -0.15) is 0 Å². The van der Waals surface area contributed by atoms with Gasteiger partial charge in [-0.3, -0.25) is 0 Å². The zero-order valence-electron chi connectivity index (χ0n) is 24.3. The zero-order valence-corrected chi connectivity index (χ0v) is 24.3. The second-order valence-electron chi connectivity index (χ2n) is 11.5. The van der Waals surface area contributed by atoms with Crippen molar-refractivity contribution in [2.24, 2.45) is 0 Å². The van der Waals surface area contributed by atoms with Gasteiger partial charge in [-0.05, 0) is 89.0 Å². The van der Waals surface area contributed by atoms with Crippen LogP contribution in [-0.4, -0.2) is 47.8 Å². The van der Waals surface area contributed by atoms with E-state index in [9.17, 15) is 9.59 Å². The Morgan fingerprint density at radius 1 is 0.949 bits per heavy atom. The van der Waals surface area contributed by atoms with Crippen molar-refractivity contribution in [3.8, 4) is 0 Å². The van der Waals surface area contributed by atoms with Gasteiger partial charge in [0.25, 0.3) is 0 Å². The summed E-state index contributed by atoms with van der Waals surface area (Å²) < 4.78 is 10.5. The first-order valence-electron chi connectivity index (χ1n) is 14.3. The predicted octanol–water partition coefficient (Wildman–Crippen LogP) is 7.38. The van der Waals surface area contributed by atoms with Crippen LogP contribution in [0.2, 0.25) is 0 Å². The molecule has 2 aliphatic rings. The van der Waals surface area contributed by atoms with Crippen LogP contribution in [-0.2, 0) is 16.0 Å². The van der Waals surface area contributed by atoms with E-state index in [0.717, 1.165) is 37.7 Å². The van der Waals surface area contributed by atoms with Crippen LogP contribution in [0, 0.1) is 0 Å². The molecule has 0 radical (unpaired) electrons. The van der Waals surface area contributed by atoms with Crippen LogP contribution < -0.4 is 5.32 Å². The number of hydrogen-bond donors (Lipinski definition) is 1. The summed E-state index contributed by atoms with van der Waals surface area (Å²) in [7, 11) is 1.37. The largest absolute Gasteiger partial charge is 0.465 e. The van der Waals surface area contributed by atoms with E-state index in [1.165, 1.54) is 25.5 Å². The predicted molar refractivity (Wildman–Crippen MR) is 158 cm³/mol. The number of rotatable bonds is 8. The number of benzene rings is 2. The number of allylic oxidation sites excluding steroid dienone is 1. The fourth-order valence-electron chi connectivity index (χ4n) is 4.73. The molecule has 1 amide bonds. The maximum Gasteiger partial charge on any atom is 0.410 e. The van der Waals surface area contributed by atoms with Gasteiger partial charge in [0.2, 0.25) is 0 Å². The standard InChI is InChI=1S/C23H34N2O4.C10H12/c1-23(2,3)29-22(27)25(15-16-6-5-7-17(14-16)21(26)28-4)20-12-10-19(11-13-20)24-18-8-9-18;1-2-3-7-10-8-5-4-6-9-10/h5-7,14,18-20,24H,8-13,15H2,1-4H3;3-9H,2H2,1H3/b;7-3-. The SMILES string of the molecule is CC/C=C\c1ccccc1.COC(=O)c1cccc(CN(C(=O)OC(C)(C)C)C2CCC(NC3CC3)CC2)c1. The summed E-state index contributed by atoms with van der Waals surface area (Å²) in [6.45, 7) is 8.22. The van der Waals surface area contributed by atoms with Crippen molar-refractivity contribution in [3.63, 3.8) is 0 Å². The molecule has 0 aliphatic heterocycles. The van der Waals surface area contributed by atoms with Crippen LogP contribution in [0.25, 0.3) is 6.08 Å². The lowest BCUT2D eigenvalue weighted by molar-refractivity contribution is 0.00877. The summed E-state index contributed by atoms with van der Waals surface area (Å²) >= 11 is 0. The van der Waals surface area contributed by atoms with Crippen LogP contribution in [0.1, 0.15) is 94.1 Å². The van der Waals surface area contributed by atoms with E-state index in [1.807, 2.05) is 43.9 Å². The van der Waals surface area contributed by atoms with Crippen molar-refractivity contribution in [3.05, 3.63) is 77.4 Å². The molecule has 39 heavy (non-hydrogen) atoms. The second kappa shape index (κ2) is 14.9. The number of nitrogens with one attached hydrogen (secondary N) is 1. The number of carbonyl (C=O) groups excluding carboxylic acids is 2. The highest BCUT2D eigenvalue weighted by molar-refractivity contribution is 5.89. The molecule has 212 valence electrons. The molecule has 0 spiro atoms. The lowest BCUT2D eigenvalue weighted by atomic mass is 9.90. The maximum absolute atomic E-state index is 13.0. The van der Waals surface area contributed by atoms with Gasteiger partial charge >= 0.3 is 12.1 Å². The fourth-order valence-corrected chi connectivity index (χ4v) is 4.73. The van der Waals surface area contributed by atoms with Crippen molar-refractivity contribution in [1.82, 2.24) is 10.2 Å². The first-order valence-corrected chi connectivity index (χ1v) is 14.3. The molecule has 0 atom stereocenters. The minimum absolute atomic E-state index is 0.142. The highest BCUT2D eigenvalue weighted by Gasteiger charge is 2.33. The van der Waals surface area contributed by atoms with E-state index in [-0.39, 0.29) is 18.1 Å². The number of amides is 1. The molecule has 6 heteroatoms. The van der Waals surface area contributed by atoms with Crippen LogP contribution in [0.3, 0.4) is 0 Å². The molecule has 4 rings (SSSR count). The van der Waals surface area contributed by atoms with Crippen molar-refractivity contribution in [2.45, 2.75) is 103 Å². The van der Waals surface area contributed by atoms with Gasteiger partial charge in [-0.15, -0.1) is 0 Å². The maximum atomic E-state index is 13.0. The molecule has 2 saturated carbocycles. The topological polar surface area (TPSA) is 67.9 Å². The minimum atomic E-state index is -0.548. The zero-order chi connectivity index (χ0) is 28.3. The van der Waals surface area contributed by atoms with E-state index < -0.39 is 5.60 Å². The quantitative estimate of drug-likeness (QED) is 0.358. The third kappa shape index (κ3) is 10.9. The molecule has 0 bridgehead atoms. The van der Waals surface area contributed by atoms with E-state index in [4.69, 9.17) is 9.47 Å². The van der Waals surface area contributed by atoms with Gasteiger partial charge in [0.15, 0.2) is 0 Å². The molecule has 0 unspecified atom stereocenters. The monoisotopic (exact) mass is 534 g/mol. The average molecular weight is 535 g/mol. The summed E-state index contributed by atoms with van der Waals surface area (Å²) in [6.07, 6.45) is 11.8. The number of ether oxygens (including phenoxy) is 2. The normalized spacial score (nSPS) is 19.1. The summed E-state index contributed by atoms with van der Waals surface area (Å²) in [5, 5.41) is 3.71. The van der Waals surface area contributed by atoms with Crippen molar-refractivity contribution >= 4 is 18.1 Å². The van der Waals surface area contributed by atoms with Crippen LogP contribution in [0.4, 0.5) is 4.79 Å². The third-order valence-corrected chi connectivity index (χ3v) is 6.86. The molecule has 6 nitrogen and oxygen atoms in total. The molecule has 2 aliphatic carbocycles. The van der Waals surface area contributed by atoms with Gasteiger partial charge in [-0.1, -0.05) is 61.5 Å². The molecule has 0 heterocycles. The highest BCUT2D eigenvalue weighted by atomic mass is 16.6. The van der Waals surface area contributed by atoms with Crippen LogP contribution >= 0.6 is 0 Å². The number of nitrogens with zero attached hydrogens (tertiary/aromatic N) is 1. The lowest BCUT2D eigenvalue weighted by Gasteiger charge is -2.38. The fraction of sp³-hybridized carbons (Fsp3) is 0.515. The van der Waals surface area contributed by atoms with Gasteiger partial charge < -0.3 is 19.7 Å². The van der Waals surface area contributed by atoms with Crippen molar-refractivity contribution in [1.29, 1.82) is 0 Å². The van der Waals surface area contributed by atoms with E-state index in [1.54, 1.807) is 12.1 Å². The van der Waals surface area contributed by atoms with Gasteiger partial charge in [-0.25, -0.2) is 9.59 Å². The van der Waals surface area contributed by atoms with E-state index in [2.05, 4.69) is 48.7 Å². The summed E-state index contributed by atoms with van der Waals surface area (Å²) in [6, 6.07) is 19.0. The number of carbonyl (C=O) groups is 2. The first-order chi connectivity index (χ1) is 18.7. The summed E-state index contributed by atoms with van der Waals surface area (Å²) in [5.41, 5.74) is 2.13. The number of hydrogen-bond acceptors (Lipinski definition) is 5. The lowest BCUT2D eigenvalue weighted by Crippen LogP contribution is -2.46. The summed E-state index contributed by atoms with van der Waals surface area (Å²) in [5.74, 6) is -0.373.